The second-order valence-electron chi connectivity index (χ2n) is 5.32. The molecule has 142 valence electrons. The fourth-order valence-corrected chi connectivity index (χ4v) is 2.94. The van der Waals surface area contributed by atoms with E-state index in [1.54, 1.807) is 6.08 Å². The Bertz CT molecular complexity index is 601. The molecule has 26 heavy (non-hydrogen) atoms. The summed E-state index contributed by atoms with van der Waals surface area (Å²) < 4.78 is 21.4. The Morgan fingerprint density at radius 3 is 2.08 bits per heavy atom. The Hall–Kier alpha value is -2.17. The van der Waals surface area contributed by atoms with E-state index in [0.717, 1.165) is 12.4 Å². The summed E-state index contributed by atoms with van der Waals surface area (Å²) in [6.07, 6.45) is 2.66. The molecule has 0 aliphatic carbocycles. The first-order chi connectivity index (χ1) is 12.5. The maximum atomic E-state index is 11.8. The van der Waals surface area contributed by atoms with Crippen molar-refractivity contribution >= 4 is 36.0 Å². The van der Waals surface area contributed by atoms with E-state index in [4.69, 9.17) is 24.1 Å². The van der Waals surface area contributed by atoms with Crippen LogP contribution in [0.4, 0.5) is 0 Å². The summed E-state index contributed by atoms with van der Waals surface area (Å²) >= 11 is 1.36. The van der Waals surface area contributed by atoms with E-state index in [-0.39, 0.29) is 13.2 Å². The van der Waals surface area contributed by atoms with Crippen molar-refractivity contribution in [1.29, 1.82) is 0 Å². The van der Waals surface area contributed by atoms with Crippen molar-refractivity contribution in [3.8, 4) is 0 Å². The third-order valence-corrected chi connectivity index (χ3v) is 4.31. The molecular weight excluding hydrogens is 368 g/mol. The van der Waals surface area contributed by atoms with Gasteiger partial charge in [-0.25, -0.2) is 14.4 Å². The van der Waals surface area contributed by atoms with Crippen LogP contribution in [0.1, 0.15) is 0 Å². The number of rotatable bonds is 9. The van der Waals surface area contributed by atoms with E-state index < -0.39 is 42.3 Å². The van der Waals surface area contributed by atoms with Gasteiger partial charge < -0.3 is 28.8 Å². The van der Waals surface area contributed by atoms with Gasteiger partial charge in [-0.05, 0) is 0 Å². The largest absolute Gasteiger partial charge is 0.478 e. The van der Waals surface area contributed by atoms with Gasteiger partial charge in [-0.1, -0.05) is 6.08 Å². The number of carbonyl (C=O) groups is 4. The van der Waals surface area contributed by atoms with Crippen LogP contribution in [0.15, 0.2) is 24.3 Å². The van der Waals surface area contributed by atoms with Crippen molar-refractivity contribution in [3.63, 3.8) is 0 Å². The van der Waals surface area contributed by atoms with Gasteiger partial charge in [0, 0.05) is 29.7 Å². The van der Waals surface area contributed by atoms with Gasteiger partial charge in [-0.15, -0.1) is 0 Å². The molecule has 0 bridgehead atoms. The van der Waals surface area contributed by atoms with Gasteiger partial charge in [0.2, 0.25) is 0 Å². The fourth-order valence-electron chi connectivity index (χ4n) is 2.48. The second-order valence-corrected chi connectivity index (χ2v) is 6.40. The average molecular weight is 386 g/mol. The number of thioether (sulfide) groups is 1. The number of esters is 2. The second kappa shape index (κ2) is 10.1. The monoisotopic (exact) mass is 386 g/mol. The van der Waals surface area contributed by atoms with E-state index in [1.807, 2.05) is 0 Å². The summed E-state index contributed by atoms with van der Waals surface area (Å²) in [4.78, 5) is 43.9. The highest BCUT2D eigenvalue weighted by Crippen LogP contribution is 2.30. The minimum atomic E-state index is -1.26. The molecule has 10 heteroatoms. The molecule has 0 saturated carbocycles. The molecule has 0 spiro atoms. The van der Waals surface area contributed by atoms with Crippen LogP contribution in [0.5, 0.6) is 0 Å². The summed E-state index contributed by atoms with van der Waals surface area (Å²) in [5.41, 5.74) is 0. The Balaban J connectivity index is 1.78. The van der Waals surface area contributed by atoms with Gasteiger partial charge >= 0.3 is 17.9 Å². The number of aliphatic carboxylic acids is 1. The van der Waals surface area contributed by atoms with Crippen molar-refractivity contribution in [1.82, 2.24) is 0 Å². The van der Waals surface area contributed by atoms with E-state index in [2.05, 4.69) is 0 Å². The van der Waals surface area contributed by atoms with Gasteiger partial charge in [0.1, 0.15) is 18.5 Å². The lowest BCUT2D eigenvalue weighted by atomic mass is 10.1. The molecule has 0 aromatic rings. The van der Waals surface area contributed by atoms with Gasteiger partial charge in [0.25, 0.3) is 0 Å². The minimum Gasteiger partial charge on any atom is -0.478 e. The zero-order valence-electron chi connectivity index (χ0n) is 13.6. The molecule has 2 heterocycles. The summed E-state index contributed by atoms with van der Waals surface area (Å²) in [5.74, 6) is -1.76. The molecular formula is C16H18O9S. The number of carbonyl (C=O) groups excluding carboxylic acids is 3. The normalized spacial score (nSPS) is 27.5. The summed E-state index contributed by atoms with van der Waals surface area (Å²) in [6.45, 7) is 0.169. The summed E-state index contributed by atoms with van der Waals surface area (Å²) in [6, 6.07) is 0. The average Bonchev–Trinajstić information content (AvgIpc) is 3.17. The van der Waals surface area contributed by atoms with Crippen LogP contribution < -0.4 is 0 Å². The lowest BCUT2D eigenvalue weighted by Crippen LogP contribution is -2.35. The molecule has 0 aromatic carbocycles. The van der Waals surface area contributed by atoms with Gasteiger partial charge in [0.15, 0.2) is 12.2 Å². The standard InChI is InChI=1S/C16H18O9S/c17-5-7-26-6-1-2-13(20)24-10-8-22-16-11(9-23-15(10)16)25-14(21)4-3-12(18)19/h1-5,10-11,15-16H,6-9H2,(H,18,19)/b2-1-,4-3-/t10-,11-,15-,16-/m1/s1. The first-order valence-electron chi connectivity index (χ1n) is 7.74. The fraction of sp³-hybridized carbons (Fsp3) is 0.500. The Kier molecular flexibility index (Phi) is 7.82. The van der Waals surface area contributed by atoms with Crippen molar-refractivity contribution in [2.24, 2.45) is 0 Å². The quantitative estimate of drug-likeness (QED) is 0.245. The number of carboxylic acids is 1. The summed E-state index contributed by atoms with van der Waals surface area (Å²) in [7, 11) is 0. The SMILES string of the molecule is O=CCSC/C=C\C(=O)O[C@@H]1CO[C@H]2[C@@H]1OC[C@H]2OC(=O)/C=C\C(=O)O. The highest BCUT2D eigenvalue weighted by Gasteiger charge is 2.50. The first kappa shape index (κ1) is 20.1. The number of aldehydes is 1. The number of carboxylic acid groups (broad SMARTS) is 1. The molecule has 2 saturated heterocycles. The molecule has 0 radical (unpaired) electrons. The molecule has 0 amide bonds. The summed E-state index contributed by atoms with van der Waals surface area (Å²) in [5, 5.41) is 8.48. The highest BCUT2D eigenvalue weighted by molar-refractivity contribution is 8.00. The molecule has 4 atom stereocenters. The zero-order valence-corrected chi connectivity index (χ0v) is 14.5. The van der Waals surface area contributed by atoms with Crippen LogP contribution in [0.2, 0.25) is 0 Å². The van der Waals surface area contributed by atoms with Crippen molar-refractivity contribution in [3.05, 3.63) is 24.3 Å². The van der Waals surface area contributed by atoms with Crippen LogP contribution in [-0.4, -0.2) is 78.4 Å². The van der Waals surface area contributed by atoms with E-state index >= 15 is 0 Å². The van der Waals surface area contributed by atoms with Crippen LogP contribution in [0.3, 0.4) is 0 Å². The maximum absolute atomic E-state index is 11.8. The third-order valence-electron chi connectivity index (χ3n) is 3.51. The zero-order chi connectivity index (χ0) is 18.9. The van der Waals surface area contributed by atoms with Crippen molar-refractivity contribution in [2.75, 3.05) is 24.7 Å². The lowest BCUT2D eigenvalue weighted by Gasteiger charge is -2.16. The maximum Gasteiger partial charge on any atom is 0.331 e. The van der Waals surface area contributed by atoms with Crippen LogP contribution >= 0.6 is 11.8 Å². The predicted molar refractivity (Wildman–Crippen MR) is 88.5 cm³/mol. The first-order valence-corrected chi connectivity index (χ1v) is 8.90. The van der Waals surface area contributed by atoms with Gasteiger partial charge in [0.05, 0.1) is 13.2 Å². The third kappa shape index (κ3) is 5.97. The minimum absolute atomic E-state index is 0.0637. The van der Waals surface area contributed by atoms with Crippen LogP contribution in [0.25, 0.3) is 0 Å². The van der Waals surface area contributed by atoms with Crippen LogP contribution in [0, 0.1) is 0 Å². The van der Waals surface area contributed by atoms with E-state index in [9.17, 15) is 19.2 Å². The molecule has 0 unspecified atom stereocenters. The molecule has 0 aromatic heterocycles. The molecule has 2 aliphatic heterocycles. The number of hydrogen-bond acceptors (Lipinski definition) is 9. The Labute approximate surface area is 153 Å². The molecule has 2 fully saturated rings. The topological polar surface area (TPSA) is 125 Å². The molecule has 1 N–H and O–H groups in total. The van der Waals surface area contributed by atoms with E-state index in [1.165, 1.54) is 17.8 Å². The van der Waals surface area contributed by atoms with Crippen molar-refractivity contribution < 1.29 is 43.2 Å². The molecule has 2 rings (SSSR count). The van der Waals surface area contributed by atoms with E-state index in [0.29, 0.717) is 17.6 Å². The number of ether oxygens (including phenoxy) is 4. The van der Waals surface area contributed by atoms with Gasteiger partial charge in [-0.2, -0.15) is 11.8 Å². The van der Waals surface area contributed by atoms with Crippen LogP contribution in [-0.2, 0) is 38.1 Å². The number of hydrogen-bond donors (Lipinski definition) is 1. The van der Waals surface area contributed by atoms with Gasteiger partial charge in [-0.3, -0.25) is 0 Å². The predicted octanol–water partition coefficient (Wildman–Crippen LogP) is -0.263. The van der Waals surface area contributed by atoms with Crippen molar-refractivity contribution in [2.45, 2.75) is 24.4 Å². The number of fused-ring (bicyclic) bond motifs is 1. The smallest absolute Gasteiger partial charge is 0.331 e. The molecule has 9 nitrogen and oxygen atoms in total. The lowest BCUT2D eigenvalue weighted by molar-refractivity contribution is -0.149. The highest BCUT2D eigenvalue weighted by atomic mass is 32.2. The molecule has 2 aliphatic rings. The Morgan fingerprint density at radius 2 is 1.54 bits per heavy atom. The Morgan fingerprint density at radius 1 is 0.962 bits per heavy atom.